The quantitative estimate of drug-likeness (QED) is 0.750. The van der Waals surface area contributed by atoms with Crippen molar-refractivity contribution in [2.75, 3.05) is 18.4 Å². The van der Waals surface area contributed by atoms with Crippen LogP contribution in [-0.2, 0) is 22.3 Å². The fourth-order valence-corrected chi connectivity index (χ4v) is 3.15. The van der Waals surface area contributed by atoms with Crippen molar-refractivity contribution in [3.05, 3.63) is 65.7 Å². The Bertz CT molecular complexity index is 848. The van der Waals surface area contributed by atoms with Crippen LogP contribution in [0.2, 0.25) is 0 Å². The normalized spacial score (nSPS) is 15.1. The highest BCUT2D eigenvalue weighted by Gasteiger charge is 2.31. The lowest BCUT2D eigenvalue weighted by Crippen LogP contribution is -2.42. The molecule has 0 atom stereocenters. The van der Waals surface area contributed by atoms with Crippen LogP contribution in [-0.4, -0.2) is 30.0 Å². The summed E-state index contributed by atoms with van der Waals surface area (Å²) in [5.74, 6) is -0.827. The molecule has 29 heavy (non-hydrogen) atoms. The van der Waals surface area contributed by atoms with E-state index in [0.717, 1.165) is 12.1 Å². The number of nitrogens with zero attached hydrogens (tertiary/aromatic N) is 1. The van der Waals surface area contributed by atoms with E-state index in [0.29, 0.717) is 31.6 Å². The van der Waals surface area contributed by atoms with E-state index in [-0.39, 0.29) is 24.1 Å². The van der Waals surface area contributed by atoms with Crippen LogP contribution in [0.15, 0.2) is 54.6 Å². The maximum absolute atomic E-state index is 12.8. The first-order chi connectivity index (χ1) is 13.8. The minimum Gasteiger partial charge on any atom is -0.461 e. The molecule has 2 aromatic carbocycles. The Morgan fingerprint density at radius 1 is 1.03 bits per heavy atom. The van der Waals surface area contributed by atoms with Gasteiger partial charge in [-0.05, 0) is 42.7 Å². The monoisotopic (exact) mass is 406 g/mol. The highest BCUT2D eigenvalue weighted by Crippen LogP contribution is 2.29. The van der Waals surface area contributed by atoms with Gasteiger partial charge in [0.1, 0.15) is 6.61 Å². The zero-order valence-corrected chi connectivity index (χ0v) is 15.6. The van der Waals surface area contributed by atoms with Crippen molar-refractivity contribution in [3.8, 4) is 0 Å². The summed E-state index contributed by atoms with van der Waals surface area (Å²) in [6.07, 6.45) is -3.54. The number of halogens is 3. The molecule has 0 saturated carbocycles. The van der Waals surface area contributed by atoms with Crippen LogP contribution in [0.25, 0.3) is 0 Å². The molecule has 1 heterocycles. The van der Waals surface area contributed by atoms with Crippen molar-refractivity contribution in [2.24, 2.45) is 5.92 Å². The summed E-state index contributed by atoms with van der Waals surface area (Å²) in [5, 5.41) is 2.80. The minimum atomic E-state index is -4.44. The van der Waals surface area contributed by atoms with Gasteiger partial charge < -0.3 is 15.0 Å². The van der Waals surface area contributed by atoms with Gasteiger partial charge in [0.2, 0.25) is 0 Å². The number of alkyl halides is 3. The molecule has 1 aliphatic rings. The maximum Gasteiger partial charge on any atom is 0.416 e. The summed E-state index contributed by atoms with van der Waals surface area (Å²) >= 11 is 0. The average molecular weight is 406 g/mol. The standard InChI is InChI=1S/C21H21F3N2O3/c22-21(23,24)17-6-4-5-15(13-17)14-29-19(27)16-9-11-26(12-10-16)20(28)25-18-7-2-1-3-8-18/h1-8,13,16H,9-12,14H2,(H,25,28). The van der Waals surface area contributed by atoms with Crippen molar-refractivity contribution < 1.29 is 27.5 Å². The lowest BCUT2D eigenvalue weighted by molar-refractivity contribution is -0.151. The number of hydrogen-bond donors (Lipinski definition) is 1. The zero-order chi connectivity index (χ0) is 20.9. The van der Waals surface area contributed by atoms with E-state index in [9.17, 15) is 22.8 Å². The fourth-order valence-electron chi connectivity index (χ4n) is 3.15. The summed E-state index contributed by atoms with van der Waals surface area (Å²) in [5.41, 5.74) is 0.205. The Hall–Kier alpha value is -3.03. The second-order valence-electron chi connectivity index (χ2n) is 6.86. The highest BCUT2D eigenvalue weighted by molar-refractivity contribution is 5.89. The predicted molar refractivity (Wildman–Crippen MR) is 101 cm³/mol. The van der Waals surface area contributed by atoms with Crippen molar-refractivity contribution in [1.29, 1.82) is 0 Å². The number of anilines is 1. The van der Waals surface area contributed by atoms with Crippen LogP contribution < -0.4 is 5.32 Å². The van der Waals surface area contributed by atoms with Crippen LogP contribution in [0.1, 0.15) is 24.0 Å². The molecule has 0 spiro atoms. The molecule has 1 N–H and O–H groups in total. The van der Waals surface area contributed by atoms with Crippen LogP contribution in [0, 0.1) is 5.92 Å². The van der Waals surface area contributed by atoms with E-state index >= 15 is 0 Å². The Balaban J connectivity index is 1.46. The number of esters is 1. The zero-order valence-electron chi connectivity index (χ0n) is 15.6. The van der Waals surface area contributed by atoms with Crippen LogP contribution in [0.4, 0.5) is 23.7 Å². The fraction of sp³-hybridized carbons (Fsp3) is 0.333. The van der Waals surface area contributed by atoms with E-state index in [1.165, 1.54) is 12.1 Å². The molecule has 154 valence electrons. The second-order valence-corrected chi connectivity index (χ2v) is 6.86. The first kappa shape index (κ1) is 20.7. The summed E-state index contributed by atoms with van der Waals surface area (Å²) in [7, 11) is 0. The number of rotatable bonds is 4. The number of nitrogens with one attached hydrogen (secondary N) is 1. The third-order valence-electron chi connectivity index (χ3n) is 4.78. The Kier molecular flexibility index (Phi) is 6.41. The van der Waals surface area contributed by atoms with Gasteiger partial charge in [0, 0.05) is 18.8 Å². The van der Waals surface area contributed by atoms with Gasteiger partial charge in [0.05, 0.1) is 11.5 Å². The summed E-state index contributed by atoms with van der Waals surface area (Å²) in [6.45, 7) is 0.599. The van der Waals surface area contributed by atoms with Crippen molar-refractivity contribution in [2.45, 2.75) is 25.6 Å². The topological polar surface area (TPSA) is 58.6 Å². The van der Waals surface area contributed by atoms with Crippen molar-refractivity contribution >= 4 is 17.7 Å². The van der Waals surface area contributed by atoms with E-state index in [2.05, 4.69) is 5.32 Å². The predicted octanol–water partition coefficient (Wildman–Crippen LogP) is 4.69. The van der Waals surface area contributed by atoms with Gasteiger partial charge in [-0.3, -0.25) is 4.79 Å². The number of urea groups is 1. The van der Waals surface area contributed by atoms with Gasteiger partial charge in [-0.15, -0.1) is 0 Å². The Morgan fingerprint density at radius 3 is 2.38 bits per heavy atom. The molecule has 0 unspecified atom stereocenters. The number of piperidine rings is 1. The molecule has 1 fully saturated rings. The summed E-state index contributed by atoms with van der Waals surface area (Å²) < 4.78 is 43.5. The Labute approximate surface area is 166 Å². The molecule has 0 radical (unpaired) electrons. The molecule has 0 aliphatic carbocycles. The number of ether oxygens (including phenoxy) is 1. The maximum atomic E-state index is 12.8. The minimum absolute atomic E-state index is 0.211. The highest BCUT2D eigenvalue weighted by atomic mass is 19.4. The molecule has 2 aromatic rings. The molecule has 2 amide bonds. The molecular weight excluding hydrogens is 385 g/mol. The van der Waals surface area contributed by atoms with Gasteiger partial charge in [-0.2, -0.15) is 13.2 Å². The number of carbonyl (C=O) groups excluding carboxylic acids is 2. The van der Waals surface area contributed by atoms with Crippen LogP contribution in [0.5, 0.6) is 0 Å². The third-order valence-corrected chi connectivity index (χ3v) is 4.78. The lowest BCUT2D eigenvalue weighted by atomic mass is 9.97. The van der Waals surface area contributed by atoms with Gasteiger partial charge in [0.15, 0.2) is 0 Å². The van der Waals surface area contributed by atoms with Gasteiger partial charge in [-0.25, -0.2) is 4.79 Å². The Morgan fingerprint density at radius 2 is 1.72 bits per heavy atom. The van der Waals surface area contributed by atoms with Crippen LogP contribution in [0.3, 0.4) is 0 Å². The van der Waals surface area contributed by atoms with E-state index in [1.54, 1.807) is 17.0 Å². The number of para-hydroxylation sites is 1. The van der Waals surface area contributed by atoms with Gasteiger partial charge >= 0.3 is 18.2 Å². The molecular formula is C21H21F3N2O3. The first-order valence-electron chi connectivity index (χ1n) is 9.26. The number of hydrogen-bond acceptors (Lipinski definition) is 3. The number of amides is 2. The van der Waals surface area contributed by atoms with Crippen LogP contribution >= 0.6 is 0 Å². The van der Waals surface area contributed by atoms with E-state index in [4.69, 9.17) is 4.74 Å². The largest absolute Gasteiger partial charge is 0.461 e. The van der Waals surface area contributed by atoms with Gasteiger partial charge in [0.25, 0.3) is 0 Å². The summed E-state index contributed by atoms with van der Waals surface area (Å²) in [4.78, 5) is 26.2. The molecule has 0 aromatic heterocycles. The molecule has 5 nitrogen and oxygen atoms in total. The van der Waals surface area contributed by atoms with E-state index in [1.807, 2.05) is 18.2 Å². The number of likely N-dealkylation sites (tertiary alicyclic amines) is 1. The second kappa shape index (κ2) is 8.98. The van der Waals surface area contributed by atoms with Crippen molar-refractivity contribution in [1.82, 2.24) is 4.90 Å². The molecule has 1 aliphatic heterocycles. The average Bonchev–Trinajstić information content (AvgIpc) is 2.72. The summed E-state index contributed by atoms with van der Waals surface area (Å²) in [6, 6.07) is 13.6. The molecule has 0 bridgehead atoms. The molecule has 8 heteroatoms. The molecule has 1 saturated heterocycles. The first-order valence-corrected chi connectivity index (χ1v) is 9.26. The smallest absolute Gasteiger partial charge is 0.416 e. The van der Waals surface area contributed by atoms with E-state index < -0.39 is 17.7 Å². The van der Waals surface area contributed by atoms with Crippen molar-refractivity contribution in [3.63, 3.8) is 0 Å². The third kappa shape index (κ3) is 5.73. The number of carbonyl (C=O) groups is 2. The SMILES string of the molecule is O=C(OCc1cccc(C(F)(F)F)c1)C1CCN(C(=O)Nc2ccccc2)CC1. The lowest BCUT2D eigenvalue weighted by Gasteiger charge is -2.31. The molecule has 3 rings (SSSR count). The number of benzene rings is 2. The van der Waals surface area contributed by atoms with Gasteiger partial charge in [-0.1, -0.05) is 30.3 Å².